The first-order valence-corrected chi connectivity index (χ1v) is 8.76. The molecule has 153 valence electrons. The summed E-state index contributed by atoms with van der Waals surface area (Å²) in [5.41, 5.74) is -3.60. The molecule has 1 unspecified atom stereocenters. The summed E-state index contributed by atoms with van der Waals surface area (Å²) in [6.45, 7) is 2.07. The van der Waals surface area contributed by atoms with Crippen LogP contribution in [0.25, 0.3) is 0 Å². The van der Waals surface area contributed by atoms with Gasteiger partial charge in [-0.3, -0.25) is 35.1 Å². The molecule has 0 aromatic rings. The van der Waals surface area contributed by atoms with Gasteiger partial charge in [-0.05, 0) is 32.1 Å². The summed E-state index contributed by atoms with van der Waals surface area (Å²) in [5.74, 6) is 0. The highest BCUT2D eigenvalue weighted by Crippen LogP contribution is 2.21. The van der Waals surface area contributed by atoms with Crippen LogP contribution in [0, 0.1) is 30.3 Å². The van der Waals surface area contributed by atoms with E-state index < -0.39 is 32.9 Å². The van der Waals surface area contributed by atoms with E-state index in [-0.39, 0.29) is 6.42 Å². The maximum atomic E-state index is 11.0. The van der Waals surface area contributed by atoms with E-state index in [1.54, 1.807) is 6.08 Å². The van der Waals surface area contributed by atoms with E-state index in [4.69, 9.17) is 0 Å². The standard InChI is InChI=1S/C18H24N3O7/c1-2-3-4-5-6-7-8-9-10-11-12-13-14-15-17(19(23)24)18(16-22,20(25)26)21(27)28/h3-4,6-7,9-10,12-13,17H,2,5,8,11,14-15H2,1H3/b4-3+,7-6+,10-9+,13-12+. The summed E-state index contributed by atoms with van der Waals surface area (Å²) in [7, 11) is 0. The average molecular weight is 394 g/mol. The van der Waals surface area contributed by atoms with E-state index in [1.807, 2.05) is 24.3 Å². The summed E-state index contributed by atoms with van der Waals surface area (Å²) in [5, 5.41) is 32.9. The molecule has 0 aromatic carbocycles. The van der Waals surface area contributed by atoms with Gasteiger partial charge >= 0.3 is 18.0 Å². The molecule has 0 bridgehead atoms. The lowest BCUT2D eigenvalue weighted by atomic mass is 9.98. The topological polar surface area (TPSA) is 146 Å². The highest BCUT2D eigenvalue weighted by molar-refractivity contribution is 5.61. The zero-order valence-electron chi connectivity index (χ0n) is 15.6. The van der Waals surface area contributed by atoms with Crippen molar-refractivity contribution < 1.29 is 19.6 Å². The fourth-order valence-corrected chi connectivity index (χ4v) is 2.26. The maximum absolute atomic E-state index is 11.0. The van der Waals surface area contributed by atoms with Crippen molar-refractivity contribution in [2.45, 2.75) is 57.2 Å². The molecule has 0 spiro atoms. The van der Waals surface area contributed by atoms with Crippen LogP contribution in [0.2, 0.25) is 0 Å². The van der Waals surface area contributed by atoms with Gasteiger partial charge in [0, 0.05) is 11.3 Å². The van der Waals surface area contributed by atoms with Gasteiger partial charge in [0.05, 0.1) is 0 Å². The van der Waals surface area contributed by atoms with Crippen molar-refractivity contribution in [3.05, 3.63) is 79.0 Å². The molecule has 10 heteroatoms. The number of allylic oxidation sites excluding steroid dienone is 8. The molecular weight excluding hydrogens is 370 g/mol. The average Bonchev–Trinajstić information content (AvgIpc) is 2.63. The minimum atomic E-state index is -3.60. The molecule has 0 amide bonds. The van der Waals surface area contributed by atoms with Gasteiger partial charge < -0.3 is 0 Å². The summed E-state index contributed by atoms with van der Waals surface area (Å²) < 4.78 is 0. The third-order valence-corrected chi connectivity index (χ3v) is 3.75. The van der Waals surface area contributed by atoms with E-state index >= 15 is 0 Å². The summed E-state index contributed by atoms with van der Waals surface area (Å²) in [6, 6.07) is -2.30. The number of rotatable bonds is 15. The second-order valence-electron chi connectivity index (χ2n) is 5.72. The Hall–Kier alpha value is -3.17. The monoisotopic (exact) mass is 394 g/mol. The number of nitrogens with zero attached hydrogens (tertiary/aromatic N) is 3. The molecule has 1 atom stereocenters. The van der Waals surface area contributed by atoms with E-state index in [2.05, 4.69) is 19.1 Å². The smallest absolute Gasteiger partial charge is 0.273 e. The molecule has 0 aromatic heterocycles. The first-order chi connectivity index (χ1) is 13.3. The zero-order valence-corrected chi connectivity index (χ0v) is 15.6. The number of nitro groups is 3. The van der Waals surface area contributed by atoms with Crippen LogP contribution in [0.5, 0.6) is 0 Å². The van der Waals surface area contributed by atoms with Gasteiger partial charge in [-0.15, -0.1) is 0 Å². The first kappa shape index (κ1) is 24.8. The molecule has 0 rings (SSSR count). The molecule has 0 N–H and O–H groups in total. The van der Waals surface area contributed by atoms with Gasteiger partial charge in [-0.1, -0.05) is 55.5 Å². The molecule has 0 heterocycles. The largest absolute Gasteiger partial charge is 0.588 e. The Morgan fingerprint density at radius 3 is 1.61 bits per heavy atom. The minimum absolute atomic E-state index is 0.0196. The summed E-state index contributed by atoms with van der Waals surface area (Å²) in [4.78, 5) is 39.4. The van der Waals surface area contributed by atoms with Crippen LogP contribution >= 0.6 is 0 Å². The van der Waals surface area contributed by atoms with Gasteiger partial charge in [0.15, 0.2) is 0 Å². The van der Waals surface area contributed by atoms with Gasteiger partial charge in [0.2, 0.25) is 0 Å². The molecule has 28 heavy (non-hydrogen) atoms. The Kier molecular flexibility index (Phi) is 12.4. The fraction of sp³-hybridized carbons (Fsp3) is 0.500. The van der Waals surface area contributed by atoms with Gasteiger partial charge in [-0.2, -0.15) is 0 Å². The lowest BCUT2D eigenvalue weighted by Gasteiger charge is -2.14. The predicted molar refractivity (Wildman–Crippen MR) is 103 cm³/mol. The van der Waals surface area contributed by atoms with Crippen molar-refractivity contribution >= 4 is 6.29 Å². The third-order valence-electron chi connectivity index (χ3n) is 3.75. The van der Waals surface area contributed by atoms with Crippen LogP contribution < -0.4 is 0 Å². The molecule has 0 aliphatic heterocycles. The highest BCUT2D eigenvalue weighted by Gasteiger charge is 2.71. The fourth-order valence-electron chi connectivity index (χ4n) is 2.26. The van der Waals surface area contributed by atoms with Crippen molar-refractivity contribution in [2.24, 2.45) is 0 Å². The molecule has 0 saturated carbocycles. The molecular formula is C18H24N3O7. The quantitative estimate of drug-likeness (QED) is 0.178. The van der Waals surface area contributed by atoms with Crippen molar-refractivity contribution in [1.82, 2.24) is 0 Å². The molecule has 1 radical (unpaired) electrons. The third kappa shape index (κ3) is 8.02. The molecule has 0 saturated heterocycles. The summed E-state index contributed by atoms with van der Waals surface area (Å²) in [6.07, 6.45) is 18.6. The lowest BCUT2D eigenvalue weighted by Crippen LogP contribution is -2.59. The zero-order chi connectivity index (χ0) is 21.4. The Morgan fingerprint density at radius 2 is 1.25 bits per heavy atom. The first-order valence-electron chi connectivity index (χ1n) is 8.76. The molecule has 0 aliphatic rings. The Bertz CT molecular complexity index is 640. The van der Waals surface area contributed by atoms with Crippen molar-refractivity contribution in [3.8, 4) is 0 Å². The van der Waals surface area contributed by atoms with E-state index in [0.717, 1.165) is 19.3 Å². The SMILES string of the molecule is CC/C=C/C/C=C/C/C=C/C/C=C/CCC([N+](=O)[O-])C([C]=O)([N+](=O)[O-])[N+](=O)[O-]. The second kappa shape index (κ2) is 14.0. The predicted octanol–water partition coefficient (Wildman–Crippen LogP) is 3.58. The van der Waals surface area contributed by atoms with Crippen molar-refractivity contribution in [1.29, 1.82) is 0 Å². The second-order valence-corrected chi connectivity index (χ2v) is 5.72. The molecule has 0 aliphatic carbocycles. The van der Waals surface area contributed by atoms with Crippen molar-refractivity contribution in [2.75, 3.05) is 0 Å². The van der Waals surface area contributed by atoms with Gasteiger partial charge in [-0.25, -0.2) is 0 Å². The Morgan fingerprint density at radius 1 is 0.821 bits per heavy atom. The van der Waals surface area contributed by atoms with Crippen LogP contribution in [-0.4, -0.2) is 32.8 Å². The Balaban J connectivity index is 4.53. The normalized spacial score (nSPS) is 13.6. The number of hydrogen-bond acceptors (Lipinski definition) is 7. The van der Waals surface area contributed by atoms with Crippen LogP contribution in [-0.2, 0) is 4.79 Å². The van der Waals surface area contributed by atoms with Gasteiger partial charge in [0.25, 0.3) is 0 Å². The molecule has 0 fully saturated rings. The highest BCUT2D eigenvalue weighted by atomic mass is 16.7. The van der Waals surface area contributed by atoms with Gasteiger partial charge in [0.1, 0.15) is 9.85 Å². The number of hydrogen-bond donors (Lipinski definition) is 0. The maximum Gasteiger partial charge on any atom is 0.588 e. The van der Waals surface area contributed by atoms with E-state index in [1.165, 1.54) is 6.08 Å². The molecule has 10 nitrogen and oxygen atoms in total. The van der Waals surface area contributed by atoms with E-state index in [9.17, 15) is 35.1 Å². The van der Waals surface area contributed by atoms with Crippen LogP contribution in [0.1, 0.15) is 45.4 Å². The van der Waals surface area contributed by atoms with Crippen molar-refractivity contribution in [3.63, 3.8) is 0 Å². The van der Waals surface area contributed by atoms with Crippen LogP contribution in [0.3, 0.4) is 0 Å². The Labute approximate surface area is 162 Å². The van der Waals surface area contributed by atoms with Crippen LogP contribution in [0.4, 0.5) is 0 Å². The van der Waals surface area contributed by atoms with E-state index in [0.29, 0.717) is 12.7 Å². The number of carbonyl (C=O) groups excluding carboxylic acids is 1. The lowest BCUT2D eigenvalue weighted by molar-refractivity contribution is -0.810. The van der Waals surface area contributed by atoms with Crippen LogP contribution in [0.15, 0.2) is 48.6 Å². The summed E-state index contributed by atoms with van der Waals surface area (Å²) >= 11 is 0. The minimum Gasteiger partial charge on any atom is -0.273 e.